The maximum absolute atomic E-state index is 13.7. The summed E-state index contributed by atoms with van der Waals surface area (Å²) in [5, 5.41) is 22.5. The number of hydrogen-bond acceptors (Lipinski definition) is 7. The number of aromatic hydroxyl groups is 2. The zero-order valence-corrected chi connectivity index (χ0v) is 20.1. The van der Waals surface area contributed by atoms with E-state index in [1.807, 2.05) is 24.3 Å². The number of rotatable bonds is 5. The number of ether oxygens (including phenoxy) is 1. The number of alkyl halides is 3. The molecule has 0 fully saturated rings. The minimum Gasteiger partial charge on any atom is -0.508 e. The number of phenols is 1. The number of phenolic OH excluding ortho intramolecular Hbond substituents is 1. The lowest BCUT2D eigenvalue weighted by Gasteiger charge is -2.12. The molecule has 3 aromatic carbocycles. The molecule has 2 N–H and O–H groups in total. The van der Waals surface area contributed by atoms with Gasteiger partial charge in [-0.2, -0.15) is 0 Å². The Balaban J connectivity index is 1.60. The Morgan fingerprint density at radius 1 is 0.972 bits per heavy atom. The molecule has 0 aliphatic carbocycles. The van der Waals surface area contributed by atoms with Crippen LogP contribution in [0, 0.1) is 6.92 Å². The summed E-state index contributed by atoms with van der Waals surface area (Å²) in [7, 11) is 0. The van der Waals surface area contributed by atoms with Gasteiger partial charge >= 0.3 is 6.36 Å². The van der Waals surface area contributed by atoms with Gasteiger partial charge in [-0.15, -0.1) is 35.8 Å². The molecule has 182 valence electrons. The number of carbonyl (C=O) groups is 1. The maximum atomic E-state index is 13.7. The van der Waals surface area contributed by atoms with Crippen molar-refractivity contribution in [2.75, 3.05) is 0 Å². The topological polar surface area (TPSA) is 79.7 Å². The van der Waals surface area contributed by atoms with Crippen molar-refractivity contribution in [2.45, 2.75) is 13.3 Å². The predicted molar refractivity (Wildman–Crippen MR) is 133 cm³/mol. The summed E-state index contributed by atoms with van der Waals surface area (Å²) in [5.41, 5.74) is 2.78. The van der Waals surface area contributed by atoms with Crippen LogP contribution >= 0.6 is 22.7 Å². The van der Waals surface area contributed by atoms with Crippen LogP contribution in [-0.4, -0.2) is 27.3 Å². The van der Waals surface area contributed by atoms with Crippen LogP contribution in [-0.2, 0) is 0 Å². The maximum Gasteiger partial charge on any atom is 0.573 e. The predicted octanol–water partition coefficient (Wildman–Crippen LogP) is 7.54. The highest BCUT2D eigenvalue weighted by atomic mass is 32.1. The molecule has 0 bridgehead atoms. The van der Waals surface area contributed by atoms with E-state index in [0.29, 0.717) is 25.7 Å². The lowest BCUT2D eigenvalue weighted by Crippen LogP contribution is -2.17. The summed E-state index contributed by atoms with van der Waals surface area (Å²) in [6, 6.07) is 15.8. The van der Waals surface area contributed by atoms with Gasteiger partial charge in [0.15, 0.2) is 0 Å². The number of halogens is 3. The van der Waals surface area contributed by atoms with Gasteiger partial charge in [-0.3, -0.25) is 4.79 Å². The van der Waals surface area contributed by atoms with Crippen molar-refractivity contribution < 1.29 is 32.9 Å². The summed E-state index contributed by atoms with van der Waals surface area (Å²) in [5.74, 6) is -0.756. The second-order valence-corrected chi connectivity index (χ2v) is 9.84. The van der Waals surface area contributed by atoms with E-state index in [2.05, 4.69) is 9.72 Å². The molecule has 0 aliphatic heterocycles. The fraction of sp³-hybridized carbons (Fsp3) is 0.0769. The first-order valence-corrected chi connectivity index (χ1v) is 12.2. The van der Waals surface area contributed by atoms with Gasteiger partial charge in [-0.25, -0.2) is 4.98 Å². The minimum atomic E-state index is -4.83. The summed E-state index contributed by atoms with van der Waals surface area (Å²) in [6.07, 6.45) is -4.83. The van der Waals surface area contributed by atoms with Gasteiger partial charge in [-0.1, -0.05) is 24.3 Å². The van der Waals surface area contributed by atoms with Crippen LogP contribution in [0.2, 0.25) is 0 Å². The average molecular weight is 528 g/mol. The third-order valence-corrected chi connectivity index (χ3v) is 7.50. The minimum absolute atomic E-state index is 0.0538. The molecule has 5 rings (SSSR count). The Bertz CT molecular complexity index is 1600. The number of fused-ring (bicyclic) bond motifs is 1. The van der Waals surface area contributed by atoms with E-state index in [4.69, 9.17) is 0 Å². The first-order chi connectivity index (χ1) is 17.1. The van der Waals surface area contributed by atoms with Gasteiger partial charge in [0.2, 0.25) is 11.7 Å². The van der Waals surface area contributed by atoms with Crippen molar-refractivity contribution in [1.82, 2.24) is 4.98 Å². The van der Waals surface area contributed by atoms with Gasteiger partial charge in [0.25, 0.3) is 0 Å². The highest BCUT2D eigenvalue weighted by molar-refractivity contribution is 7.21. The molecule has 0 saturated heterocycles. The fourth-order valence-corrected chi connectivity index (χ4v) is 5.82. The van der Waals surface area contributed by atoms with Crippen LogP contribution in [0.4, 0.5) is 13.2 Å². The number of thiazole rings is 1. The molecule has 0 amide bonds. The molecule has 2 heterocycles. The molecule has 0 atom stereocenters. The molecule has 10 heteroatoms. The summed E-state index contributed by atoms with van der Waals surface area (Å²) in [4.78, 5) is 18.1. The number of benzene rings is 3. The zero-order chi connectivity index (χ0) is 25.6. The zero-order valence-electron chi connectivity index (χ0n) is 18.5. The number of thiophene rings is 1. The van der Waals surface area contributed by atoms with Crippen molar-refractivity contribution in [3.05, 3.63) is 82.0 Å². The SMILES string of the molecule is Cc1cc(OC(F)(F)F)ccc1C(=O)c1sc2cc(O)ccc2c1-c1ccc(-c2nc(O)cs2)cc1. The second-order valence-electron chi connectivity index (χ2n) is 7.93. The van der Waals surface area contributed by atoms with Crippen LogP contribution in [0.15, 0.2) is 66.0 Å². The van der Waals surface area contributed by atoms with E-state index >= 15 is 0 Å². The van der Waals surface area contributed by atoms with Crippen LogP contribution in [0.5, 0.6) is 17.4 Å². The monoisotopic (exact) mass is 527 g/mol. The number of ketones is 1. The average Bonchev–Trinajstić information content (AvgIpc) is 3.41. The first kappa shape index (κ1) is 23.8. The third kappa shape index (κ3) is 4.65. The Kier molecular flexibility index (Phi) is 5.93. The lowest BCUT2D eigenvalue weighted by molar-refractivity contribution is -0.274. The van der Waals surface area contributed by atoms with Crippen molar-refractivity contribution in [3.8, 4) is 39.1 Å². The molecule has 0 radical (unpaired) electrons. The largest absolute Gasteiger partial charge is 0.573 e. The van der Waals surface area contributed by atoms with E-state index in [0.717, 1.165) is 22.6 Å². The number of carbonyl (C=O) groups excluding carboxylic acids is 1. The summed E-state index contributed by atoms with van der Waals surface area (Å²) in [6.45, 7) is 1.55. The highest BCUT2D eigenvalue weighted by Crippen LogP contribution is 2.42. The third-order valence-electron chi connectivity index (χ3n) is 5.47. The van der Waals surface area contributed by atoms with Crippen molar-refractivity contribution in [2.24, 2.45) is 0 Å². The molecule has 0 saturated carbocycles. The van der Waals surface area contributed by atoms with Crippen LogP contribution in [0.25, 0.3) is 31.8 Å². The molecule has 5 aromatic rings. The van der Waals surface area contributed by atoms with Crippen LogP contribution < -0.4 is 4.74 Å². The van der Waals surface area contributed by atoms with E-state index in [9.17, 15) is 28.2 Å². The van der Waals surface area contributed by atoms with Crippen LogP contribution in [0.1, 0.15) is 20.8 Å². The second kappa shape index (κ2) is 8.96. The normalized spacial score (nSPS) is 11.7. The van der Waals surface area contributed by atoms with Gasteiger partial charge in [0, 0.05) is 26.8 Å². The molecule has 2 aromatic heterocycles. The number of aromatic nitrogens is 1. The summed E-state index contributed by atoms with van der Waals surface area (Å²) >= 11 is 2.50. The molecule has 0 unspecified atom stereocenters. The lowest BCUT2D eigenvalue weighted by atomic mass is 9.96. The number of hydrogen-bond donors (Lipinski definition) is 2. The molecule has 0 aliphatic rings. The van der Waals surface area contributed by atoms with Crippen molar-refractivity contribution in [3.63, 3.8) is 0 Å². The van der Waals surface area contributed by atoms with Gasteiger partial charge in [-0.05, 0) is 54.4 Å². The number of nitrogens with zero attached hydrogens (tertiary/aromatic N) is 1. The van der Waals surface area contributed by atoms with Gasteiger partial charge in [0.05, 0.1) is 10.3 Å². The fourth-order valence-electron chi connectivity index (χ4n) is 3.92. The summed E-state index contributed by atoms with van der Waals surface area (Å²) < 4.78 is 42.5. The quantitative estimate of drug-likeness (QED) is 0.231. The van der Waals surface area contributed by atoms with Gasteiger partial charge in [0.1, 0.15) is 16.5 Å². The van der Waals surface area contributed by atoms with E-state index < -0.39 is 12.1 Å². The van der Waals surface area contributed by atoms with Crippen molar-refractivity contribution >= 4 is 38.5 Å². The van der Waals surface area contributed by atoms with E-state index in [1.54, 1.807) is 19.1 Å². The molecule has 36 heavy (non-hydrogen) atoms. The number of aryl methyl sites for hydroxylation is 1. The van der Waals surface area contributed by atoms with Crippen molar-refractivity contribution in [1.29, 1.82) is 0 Å². The standard InChI is InChI=1S/C26H16F3NO4S2/c1-13-10-17(34-26(27,28)29)7-9-18(13)23(33)24-22(19-8-6-16(31)11-20(19)36-24)14-2-4-15(5-3-14)25-30-21(32)12-35-25/h2-12,31-32H,1H3. The Hall–Kier alpha value is -3.89. The molecule has 0 spiro atoms. The van der Waals surface area contributed by atoms with E-state index in [-0.39, 0.29) is 23.0 Å². The highest BCUT2D eigenvalue weighted by Gasteiger charge is 2.31. The van der Waals surface area contributed by atoms with Crippen LogP contribution in [0.3, 0.4) is 0 Å². The van der Waals surface area contributed by atoms with Gasteiger partial charge < -0.3 is 14.9 Å². The Labute approximate surface area is 210 Å². The molecule has 5 nitrogen and oxygen atoms in total. The molecular weight excluding hydrogens is 511 g/mol. The van der Waals surface area contributed by atoms with E-state index in [1.165, 1.54) is 46.3 Å². The smallest absolute Gasteiger partial charge is 0.508 e. The first-order valence-electron chi connectivity index (χ1n) is 10.5. The Morgan fingerprint density at radius 2 is 1.69 bits per heavy atom. The Morgan fingerprint density at radius 3 is 2.33 bits per heavy atom. The molecular formula is C26H16F3NO4S2.